The molecule has 0 aromatic heterocycles. The van der Waals surface area contributed by atoms with Crippen LogP contribution in [-0.4, -0.2) is 6.29 Å². The molecule has 0 aliphatic heterocycles. The highest BCUT2D eigenvalue weighted by molar-refractivity contribution is 5.58. The number of allylic oxidation sites excluding steroid dienone is 2. The van der Waals surface area contributed by atoms with Crippen LogP contribution in [0.1, 0.15) is 34.1 Å². The molecule has 0 saturated carbocycles. The molecule has 0 fully saturated rings. The number of carbonyl (C=O) groups is 1. The van der Waals surface area contributed by atoms with Gasteiger partial charge in [0.25, 0.3) is 0 Å². The summed E-state index contributed by atoms with van der Waals surface area (Å²) in [7, 11) is 0. The topological polar surface area (TPSA) is 17.1 Å². The van der Waals surface area contributed by atoms with Crippen LogP contribution in [0.25, 0.3) is 0 Å². The molecule has 0 bridgehead atoms. The number of aldehydes is 1. The highest BCUT2D eigenvalue weighted by atomic mass is 16.1. The Morgan fingerprint density at radius 3 is 2.30 bits per heavy atom. The van der Waals surface area contributed by atoms with Gasteiger partial charge in [0.1, 0.15) is 6.29 Å². The molecule has 0 rings (SSSR count). The molecule has 0 aromatic carbocycles. The minimum absolute atomic E-state index is 0.0972. The number of carbonyl (C=O) groups excluding carboxylic acids is 1. The van der Waals surface area contributed by atoms with Crippen molar-refractivity contribution in [2.75, 3.05) is 0 Å². The molecule has 0 aliphatic carbocycles. The molecule has 0 spiro atoms. The third-order valence-corrected chi connectivity index (χ3v) is 2.09. The van der Waals surface area contributed by atoms with Gasteiger partial charge in [0.05, 0.1) is 0 Å². The molecule has 58 valence electrons. The molecule has 0 aromatic rings. The van der Waals surface area contributed by atoms with Gasteiger partial charge in [-0.3, -0.25) is 0 Å². The zero-order chi connectivity index (χ0) is 8.15. The quantitative estimate of drug-likeness (QED) is 0.435. The van der Waals surface area contributed by atoms with Gasteiger partial charge in [-0.2, -0.15) is 0 Å². The van der Waals surface area contributed by atoms with E-state index >= 15 is 0 Å². The van der Waals surface area contributed by atoms with Gasteiger partial charge < -0.3 is 4.79 Å². The molecular formula is C9H16O. The summed E-state index contributed by atoms with van der Waals surface area (Å²) in [5.74, 6) is 0.0972. The Labute approximate surface area is 63.1 Å². The van der Waals surface area contributed by atoms with Crippen molar-refractivity contribution >= 4 is 6.29 Å². The fraction of sp³-hybridized carbons (Fsp3) is 0.667. The summed E-state index contributed by atoms with van der Waals surface area (Å²) in [5.41, 5.74) is 2.55. The molecule has 0 radical (unpaired) electrons. The zero-order valence-corrected chi connectivity index (χ0v) is 7.27. The van der Waals surface area contributed by atoms with Gasteiger partial charge in [-0.1, -0.05) is 25.0 Å². The van der Waals surface area contributed by atoms with Crippen molar-refractivity contribution < 1.29 is 4.79 Å². The van der Waals surface area contributed by atoms with Crippen molar-refractivity contribution in [3.05, 3.63) is 11.1 Å². The largest absolute Gasteiger partial charge is 0.303 e. The van der Waals surface area contributed by atoms with Gasteiger partial charge in [-0.25, -0.2) is 0 Å². The van der Waals surface area contributed by atoms with E-state index in [9.17, 15) is 4.79 Å². The fourth-order valence-corrected chi connectivity index (χ4v) is 0.770. The summed E-state index contributed by atoms with van der Waals surface area (Å²) in [4.78, 5) is 10.3. The molecular weight excluding hydrogens is 124 g/mol. The van der Waals surface area contributed by atoms with E-state index in [1.54, 1.807) is 0 Å². The normalized spacial score (nSPS) is 16.0. The minimum atomic E-state index is 0.0972. The lowest BCUT2D eigenvalue weighted by Crippen LogP contribution is -1.99. The molecule has 10 heavy (non-hydrogen) atoms. The van der Waals surface area contributed by atoms with Crippen LogP contribution in [-0.2, 0) is 4.79 Å². The molecule has 1 nitrogen and oxygen atoms in total. The van der Waals surface area contributed by atoms with Gasteiger partial charge in [0, 0.05) is 5.92 Å². The lowest BCUT2D eigenvalue weighted by Gasteiger charge is -2.07. The van der Waals surface area contributed by atoms with E-state index in [1.807, 2.05) is 13.8 Å². The lowest BCUT2D eigenvalue weighted by atomic mass is 9.98. The fourth-order valence-electron chi connectivity index (χ4n) is 0.770. The van der Waals surface area contributed by atoms with Crippen LogP contribution in [0, 0.1) is 5.92 Å². The van der Waals surface area contributed by atoms with E-state index in [-0.39, 0.29) is 5.92 Å². The van der Waals surface area contributed by atoms with E-state index in [4.69, 9.17) is 0 Å². The average Bonchev–Trinajstić information content (AvgIpc) is 2.00. The molecule has 1 unspecified atom stereocenters. The van der Waals surface area contributed by atoms with Crippen molar-refractivity contribution in [3.63, 3.8) is 0 Å². The summed E-state index contributed by atoms with van der Waals surface area (Å²) in [6.07, 6.45) is 2.04. The molecule has 0 aliphatic rings. The summed E-state index contributed by atoms with van der Waals surface area (Å²) in [6.45, 7) is 8.14. The second-order valence-electron chi connectivity index (χ2n) is 2.74. The van der Waals surface area contributed by atoms with E-state index < -0.39 is 0 Å². The third kappa shape index (κ3) is 2.34. The van der Waals surface area contributed by atoms with E-state index in [0.717, 1.165) is 12.7 Å². The predicted octanol–water partition coefficient (Wildman–Crippen LogP) is 2.57. The summed E-state index contributed by atoms with van der Waals surface area (Å²) in [6, 6.07) is 0. The minimum Gasteiger partial charge on any atom is -0.303 e. The van der Waals surface area contributed by atoms with Crippen LogP contribution in [0.2, 0.25) is 0 Å². The second kappa shape index (κ2) is 4.26. The van der Waals surface area contributed by atoms with Gasteiger partial charge in [-0.15, -0.1) is 0 Å². The van der Waals surface area contributed by atoms with E-state index in [1.165, 1.54) is 11.1 Å². The molecule has 0 heterocycles. The maximum atomic E-state index is 10.3. The Bertz CT molecular complexity index is 145. The molecule has 0 saturated heterocycles. The number of rotatable bonds is 3. The van der Waals surface area contributed by atoms with Gasteiger partial charge in [0.15, 0.2) is 0 Å². The summed E-state index contributed by atoms with van der Waals surface area (Å²) >= 11 is 0. The highest BCUT2D eigenvalue weighted by Crippen LogP contribution is 2.14. The summed E-state index contributed by atoms with van der Waals surface area (Å²) in [5, 5.41) is 0. The molecule has 0 amide bonds. The van der Waals surface area contributed by atoms with E-state index in [2.05, 4.69) is 13.8 Å². The maximum Gasteiger partial charge on any atom is 0.126 e. The maximum absolute atomic E-state index is 10.3. The lowest BCUT2D eigenvalue weighted by molar-refractivity contribution is -0.109. The van der Waals surface area contributed by atoms with Crippen LogP contribution in [0.4, 0.5) is 0 Å². The first-order chi connectivity index (χ1) is 4.63. The first kappa shape index (κ1) is 9.41. The van der Waals surface area contributed by atoms with E-state index in [0.29, 0.717) is 0 Å². The Morgan fingerprint density at radius 2 is 2.00 bits per heavy atom. The SMILES string of the molecule is CCC(C)=C(C)C(C)C=O. The average molecular weight is 140 g/mol. The van der Waals surface area contributed by atoms with Gasteiger partial charge >= 0.3 is 0 Å². The van der Waals surface area contributed by atoms with Gasteiger partial charge in [-0.05, 0) is 20.3 Å². The molecule has 1 atom stereocenters. The van der Waals surface area contributed by atoms with Crippen molar-refractivity contribution in [2.45, 2.75) is 34.1 Å². The Kier molecular flexibility index (Phi) is 4.01. The Morgan fingerprint density at radius 1 is 1.50 bits per heavy atom. The van der Waals surface area contributed by atoms with Crippen LogP contribution in [0.5, 0.6) is 0 Å². The number of hydrogen-bond donors (Lipinski definition) is 0. The Hall–Kier alpha value is -0.590. The summed E-state index contributed by atoms with van der Waals surface area (Å²) < 4.78 is 0. The van der Waals surface area contributed by atoms with Crippen molar-refractivity contribution in [3.8, 4) is 0 Å². The standard InChI is InChI=1S/C9H16O/c1-5-7(2)9(4)8(3)6-10/h6,8H,5H2,1-4H3. The van der Waals surface area contributed by atoms with Crippen LogP contribution in [0.15, 0.2) is 11.1 Å². The van der Waals surface area contributed by atoms with Gasteiger partial charge in [0.2, 0.25) is 0 Å². The zero-order valence-electron chi connectivity index (χ0n) is 7.27. The van der Waals surface area contributed by atoms with Crippen molar-refractivity contribution in [2.24, 2.45) is 5.92 Å². The van der Waals surface area contributed by atoms with Crippen LogP contribution >= 0.6 is 0 Å². The third-order valence-electron chi connectivity index (χ3n) is 2.09. The molecule has 0 N–H and O–H groups in total. The molecule has 1 heteroatoms. The monoisotopic (exact) mass is 140 g/mol. The smallest absolute Gasteiger partial charge is 0.126 e. The first-order valence-corrected chi connectivity index (χ1v) is 3.75. The van der Waals surface area contributed by atoms with Crippen LogP contribution in [0.3, 0.4) is 0 Å². The predicted molar refractivity (Wildman–Crippen MR) is 43.9 cm³/mol. The number of hydrogen-bond acceptors (Lipinski definition) is 1. The van der Waals surface area contributed by atoms with Crippen molar-refractivity contribution in [1.29, 1.82) is 0 Å². The Balaban J connectivity index is 4.29. The highest BCUT2D eigenvalue weighted by Gasteiger charge is 2.03. The second-order valence-corrected chi connectivity index (χ2v) is 2.74. The first-order valence-electron chi connectivity index (χ1n) is 3.75. The van der Waals surface area contributed by atoms with Crippen LogP contribution < -0.4 is 0 Å². The van der Waals surface area contributed by atoms with Crippen molar-refractivity contribution in [1.82, 2.24) is 0 Å².